The molecule has 0 aromatic carbocycles. The van der Waals surface area contributed by atoms with Crippen LogP contribution >= 0.6 is 0 Å². The molecule has 0 bridgehead atoms. The van der Waals surface area contributed by atoms with Crippen LogP contribution in [0.25, 0.3) is 0 Å². The van der Waals surface area contributed by atoms with Crippen LogP contribution < -0.4 is 5.73 Å². The molecule has 1 aromatic heterocycles. The Labute approximate surface area is 78.4 Å². The van der Waals surface area contributed by atoms with E-state index >= 15 is 0 Å². The van der Waals surface area contributed by atoms with Crippen molar-refractivity contribution in [2.24, 2.45) is 5.73 Å². The van der Waals surface area contributed by atoms with E-state index in [-0.39, 0.29) is 18.3 Å². The zero-order valence-corrected chi connectivity index (χ0v) is 7.41. The number of hydrogen-bond donors (Lipinski definition) is 1. The number of halogens is 3. The van der Waals surface area contributed by atoms with Gasteiger partial charge in [-0.05, 0) is 6.92 Å². The van der Waals surface area contributed by atoms with Crippen molar-refractivity contribution < 1.29 is 13.2 Å². The van der Waals surface area contributed by atoms with Gasteiger partial charge < -0.3 is 5.73 Å². The molecule has 2 N–H and O–H groups in total. The summed E-state index contributed by atoms with van der Waals surface area (Å²) in [6.07, 6.45) is -3.72. The Hall–Kier alpha value is -1.24. The third-order valence-corrected chi connectivity index (χ3v) is 1.40. The lowest BCUT2D eigenvalue weighted by molar-refractivity contribution is -0.141. The largest absolute Gasteiger partial charge is 0.435 e. The standard InChI is InChI=1S/C7H9F3N4/c1-4(11)2-6-13-5(3-12-14-6)7(8,9)10/h3-4H,2,11H2,1H3. The van der Waals surface area contributed by atoms with Gasteiger partial charge >= 0.3 is 6.18 Å². The monoisotopic (exact) mass is 206 g/mol. The van der Waals surface area contributed by atoms with Crippen LogP contribution in [0.4, 0.5) is 13.2 Å². The van der Waals surface area contributed by atoms with Crippen molar-refractivity contribution in [3.8, 4) is 0 Å². The average molecular weight is 206 g/mol. The van der Waals surface area contributed by atoms with Crippen LogP contribution in [0.15, 0.2) is 6.20 Å². The second-order valence-corrected chi connectivity index (χ2v) is 2.94. The summed E-state index contributed by atoms with van der Waals surface area (Å²) in [5, 5.41) is 6.67. The molecule has 0 spiro atoms. The minimum Gasteiger partial charge on any atom is -0.328 e. The van der Waals surface area contributed by atoms with Crippen LogP contribution in [0.5, 0.6) is 0 Å². The van der Waals surface area contributed by atoms with Crippen LogP contribution in [0.2, 0.25) is 0 Å². The predicted octanol–water partition coefficient (Wildman–Crippen LogP) is 0.780. The maximum Gasteiger partial charge on any atom is 0.435 e. The van der Waals surface area contributed by atoms with Gasteiger partial charge in [-0.2, -0.15) is 18.3 Å². The molecular formula is C7H9F3N4. The Morgan fingerprint density at radius 1 is 1.50 bits per heavy atom. The van der Waals surface area contributed by atoms with Gasteiger partial charge in [0.15, 0.2) is 11.5 Å². The van der Waals surface area contributed by atoms with Crippen molar-refractivity contribution in [2.75, 3.05) is 0 Å². The van der Waals surface area contributed by atoms with Gasteiger partial charge in [0, 0.05) is 12.5 Å². The fourth-order valence-corrected chi connectivity index (χ4v) is 0.851. The lowest BCUT2D eigenvalue weighted by Gasteiger charge is -2.06. The van der Waals surface area contributed by atoms with Gasteiger partial charge in [0.25, 0.3) is 0 Å². The molecule has 1 atom stereocenters. The van der Waals surface area contributed by atoms with Gasteiger partial charge in [-0.3, -0.25) is 0 Å². The van der Waals surface area contributed by atoms with Gasteiger partial charge in [-0.15, -0.1) is 5.10 Å². The number of nitrogens with two attached hydrogens (primary N) is 1. The summed E-state index contributed by atoms with van der Waals surface area (Å²) in [6, 6.07) is -0.291. The van der Waals surface area contributed by atoms with Crippen LogP contribution in [-0.2, 0) is 12.6 Å². The van der Waals surface area contributed by atoms with Crippen molar-refractivity contribution in [1.82, 2.24) is 15.2 Å². The molecule has 1 heterocycles. The van der Waals surface area contributed by atoms with E-state index in [4.69, 9.17) is 5.73 Å². The summed E-state index contributed by atoms with van der Waals surface area (Å²) >= 11 is 0. The fraction of sp³-hybridized carbons (Fsp3) is 0.571. The second kappa shape index (κ2) is 3.87. The molecule has 0 aliphatic heterocycles. The number of aromatic nitrogens is 3. The van der Waals surface area contributed by atoms with Crippen molar-refractivity contribution in [3.05, 3.63) is 17.7 Å². The second-order valence-electron chi connectivity index (χ2n) is 2.94. The first-order chi connectivity index (χ1) is 6.39. The zero-order chi connectivity index (χ0) is 10.8. The Morgan fingerprint density at radius 3 is 2.64 bits per heavy atom. The van der Waals surface area contributed by atoms with Gasteiger partial charge in [0.1, 0.15) is 0 Å². The number of hydrogen-bond acceptors (Lipinski definition) is 4. The van der Waals surface area contributed by atoms with Crippen LogP contribution in [0, 0.1) is 0 Å². The van der Waals surface area contributed by atoms with Crippen LogP contribution in [0.3, 0.4) is 0 Å². The lowest BCUT2D eigenvalue weighted by atomic mass is 10.2. The molecule has 14 heavy (non-hydrogen) atoms. The summed E-state index contributed by atoms with van der Waals surface area (Å²) < 4.78 is 36.4. The summed E-state index contributed by atoms with van der Waals surface area (Å²) in [6.45, 7) is 1.66. The molecule has 0 fully saturated rings. The Morgan fingerprint density at radius 2 is 2.14 bits per heavy atom. The van der Waals surface area contributed by atoms with Gasteiger partial charge in [0.2, 0.25) is 0 Å². The first-order valence-electron chi connectivity index (χ1n) is 3.91. The summed E-state index contributed by atoms with van der Waals surface area (Å²) in [5.74, 6) is 0.00910. The molecule has 0 aliphatic carbocycles. The summed E-state index contributed by atoms with van der Waals surface area (Å²) in [5.41, 5.74) is 4.36. The van der Waals surface area contributed by atoms with Crippen molar-refractivity contribution in [2.45, 2.75) is 25.6 Å². The Balaban J connectivity index is 2.90. The van der Waals surface area contributed by atoms with E-state index in [1.807, 2.05) is 0 Å². The lowest BCUT2D eigenvalue weighted by Crippen LogP contribution is -2.21. The van der Waals surface area contributed by atoms with E-state index in [0.717, 1.165) is 0 Å². The maximum atomic E-state index is 12.1. The highest BCUT2D eigenvalue weighted by atomic mass is 19.4. The Kier molecular flexibility index (Phi) is 3.00. The summed E-state index contributed by atoms with van der Waals surface area (Å²) in [7, 11) is 0. The van der Waals surface area contributed by atoms with Gasteiger partial charge in [-0.1, -0.05) is 0 Å². The average Bonchev–Trinajstić information content (AvgIpc) is 2.01. The molecule has 7 heteroatoms. The quantitative estimate of drug-likeness (QED) is 0.776. The minimum atomic E-state index is -4.48. The molecule has 0 aliphatic rings. The third kappa shape index (κ3) is 2.91. The van der Waals surface area contributed by atoms with Gasteiger partial charge in [-0.25, -0.2) is 4.98 Å². The molecule has 1 aromatic rings. The van der Waals surface area contributed by atoms with Gasteiger partial charge in [0.05, 0.1) is 6.20 Å². The van der Waals surface area contributed by atoms with E-state index < -0.39 is 11.9 Å². The molecule has 1 unspecified atom stereocenters. The molecule has 0 amide bonds. The van der Waals surface area contributed by atoms with Crippen molar-refractivity contribution in [1.29, 1.82) is 0 Å². The fourth-order valence-electron chi connectivity index (χ4n) is 0.851. The molecule has 0 saturated carbocycles. The molecule has 1 rings (SSSR count). The summed E-state index contributed by atoms with van der Waals surface area (Å²) in [4.78, 5) is 3.31. The highest BCUT2D eigenvalue weighted by molar-refractivity contribution is 5.01. The van der Waals surface area contributed by atoms with Crippen LogP contribution in [-0.4, -0.2) is 21.2 Å². The molecule has 4 nitrogen and oxygen atoms in total. The maximum absolute atomic E-state index is 12.1. The topological polar surface area (TPSA) is 64.7 Å². The third-order valence-electron chi connectivity index (χ3n) is 1.40. The predicted molar refractivity (Wildman–Crippen MR) is 42.2 cm³/mol. The molecular weight excluding hydrogens is 197 g/mol. The smallest absolute Gasteiger partial charge is 0.328 e. The normalized spacial score (nSPS) is 14.1. The van der Waals surface area contributed by atoms with Crippen molar-refractivity contribution in [3.63, 3.8) is 0 Å². The number of alkyl halides is 3. The van der Waals surface area contributed by atoms with E-state index in [0.29, 0.717) is 6.20 Å². The minimum absolute atomic E-state index is 0.00910. The number of nitrogens with zero attached hydrogens (tertiary/aromatic N) is 3. The van der Waals surface area contributed by atoms with E-state index in [2.05, 4.69) is 15.2 Å². The first kappa shape index (κ1) is 10.8. The Bertz CT molecular complexity index is 310. The van der Waals surface area contributed by atoms with Crippen LogP contribution in [0.1, 0.15) is 18.4 Å². The SMILES string of the molecule is CC(N)Cc1nncc(C(F)(F)F)n1. The molecule has 0 radical (unpaired) electrons. The number of rotatable bonds is 2. The van der Waals surface area contributed by atoms with Crippen molar-refractivity contribution >= 4 is 0 Å². The van der Waals surface area contributed by atoms with E-state index in [1.54, 1.807) is 6.92 Å². The first-order valence-corrected chi connectivity index (χ1v) is 3.91. The highest BCUT2D eigenvalue weighted by Gasteiger charge is 2.33. The van der Waals surface area contributed by atoms with E-state index in [1.165, 1.54) is 0 Å². The molecule has 0 saturated heterocycles. The molecule has 78 valence electrons. The zero-order valence-electron chi connectivity index (χ0n) is 7.41. The highest BCUT2D eigenvalue weighted by Crippen LogP contribution is 2.26. The van der Waals surface area contributed by atoms with E-state index in [9.17, 15) is 13.2 Å².